The van der Waals surface area contributed by atoms with Gasteiger partial charge in [-0.3, -0.25) is 0 Å². The average molecular weight is 329 g/mol. The molecule has 3 aromatic rings. The third-order valence-electron chi connectivity index (χ3n) is 3.75. The molecule has 23 heavy (non-hydrogen) atoms. The second kappa shape index (κ2) is 7.84. The van der Waals surface area contributed by atoms with Crippen LogP contribution in [0.5, 0.6) is 0 Å². The number of benzene rings is 2. The lowest BCUT2D eigenvalue weighted by Gasteiger charge is -2.20. The zero-order chi connectivity index (χ0) is 15.4. The topological polar surface area (TPSA) is 29.3 Å². The van der Waals surface area contributed by atoms with E-state index in [0.717, 1.165) is 29.8 Å². The zero-order valence-electron chi connectivity index (χ0n) is 13.4. The molecular weight excluding hydrogens is 308 g/mol. The smallest absolute Gasteiger partial charge is 0.220 e. The Labute approximate surface area is 143 Å². The Balaban J connectivity index is 0.00000192. The van der Waals surface area contributed by atoms with Crippen LogP contribution in [-0.2, 0) is 0 Å². The molecule has 3 rings (SSSR count). The summed E-state index contributed by atoms with van der Waals surface area (Å²) < 4.78 is 5.68. The average Bonchev–Trinajstić information content (AvgIpc) is 2.98. The van der Waals surface area contributed by atoms with Crippen LogP contribution in [0.25, 0.3) is 23.3 Å². The molecule has 0 aliphatic carbocycles. The molecule has 3 nitrogen and oxygen atoms in total. The van der Waals surface area contributed by atoms with Gasteiger partial charge in [0.15, 0.2) is 5.58 Å². The fourth-order valence-electron chi connectivity index (χ4n) is 2.51. The van der Waals surface area contributed by atoms with Crippen molar-refractivity contribution in [1.29, 1.82) is 0 Å². The first-order chi connectivity index (χ1) is 10.8. The molecule has 0 aliphatic heterocycles. The maximum atomic E-state index is 5.68. The number of nitrogens with zero attached hydrogens (tertiary/aromatic N) is 2. The standard InChI is InChI=1S/C19H20N2O.ClH/c1-3-21(4-2)16-12-9-15(10-13-16)11-14-19-20-17-7-5-6-8-18(17)22-19;/h5-14H,3-4H2,1-2H3;1H/b14-11+;. The summed E-state index contributed by atoms with van der Waals surface area (Å²) in [4.78, 5) is 6.77. The van der Waals surface area contributed by atoms with Gasteiger partial charge >= 0.3 is 0 Å². The Morgan fingerprint density at radius 1 is 0.957 bits per heavy atom. The normalized spacial score (nSPS) is 10.9. The van der Waals surface area contributed by atoms with E-state index in [1.54, 1.807) is 0 Å². The Hall–Kier alpha value is -2.26. The van der Waals surface area contributed by atoms with Gasteiger partial charge in [-0.1, -0.05) is 24.3 Å². The highest BCUT2D eigenvalue weighted by Crippen LogP contribution is 2.18. The van der Waals surface area contributed by atoms with Crippen LogP contribution in [0.15, 0.2) is 52.9 Å². The molecule has 0 unspecified atom stereocenters. The highest BCUT2D eigenvalue weighted by atomic mass is 35.5. The van der Waals surface area contributed by atoms with E-state index in [2.05, 4.69) is 48.0 Å². The number of fused-ring (bicyclic) bond motifs is 1. The molecule has 0 atom stereocenters. The van der Waals surface area contributed by atoms with Crippen LogP contribution in [0.3, 0.4) is 0 Å². The maximum Gasteiger partial charge on any atom is 0.220 e. The Morgan fingerprint density at radius 2 is 1.65 bits per heavy atom. The quantitative estimate of drug-likeness (QED) is 0.639. The Kier molecular flexibility index (Phi) is 5.83. The van der Waals surface area contributed by atoms with Crippen LogP contribution in [0.4, 0.5) is 5.69 Å². The lowest BCUT2D eigenvalue weighted by atomic mass is 10.2. The fraction of sp³-hybridized carbons (Fsp3) is 0.211. The summed E-state index contributed by atoms with van der Waals surface area (Å²) in [6.07, 6.45) is 3.93. The Bertz CT molecular complexity index is 740. The first-order valence-corrected chi connectivity index (χ1v) is 7.69. The van der Waals surface area contributed by atoms with E-state index in [4.69, 9.17) is 4.42 Å². The molecule has 0 N–H and O–H groups in total. The predicted molar refractivity (Wildman–Crippen MR) is 100 cm³/mol. The number of hydrogen-bond acceptors (Lipinski definition) is 3. The van der Waals surface area contributed by atoms with Gasteiger partial charge < -0.3 is 9.32 Å². The van der Waals surface area contributed by atoms with Crippen molar-refractivity contribution in [3.05, 3.63) is 60.0 Å². The summed E-state index contributed by atoms with van der Waals surface area (Å²) in [5, 5.41) is 0. The molecule has 2 aromatic carbocycles. The van der Waals surface area contributed by atoms with Gasteiger partial charge in [0.25, 0.3) is 0 Å². The van der Waals surface area contributed by atoms with Crippen molar-refractivity contribution < 1.29 is 4.42 Å². The van der Waals surface area contributed by atoms with Crippen molar-refractivity contribution in [3.8, 4) is 0 Å². The number of para-hydroxylation sites is 2. The second-order valence-corrected chi connectivity index (χ2v) is 5.12. The lowest BCUT2D eigenvalue weighted by Crippen LogP contribution is -2.21. The molecular formula is C19H21ClN2O. The minimum atomic E-state index is 0. The molecule has 1 heterocycles. The summed E-state index contributed by atoms with van der Waals surface area (Å²) in [5.41, 5.74) is 4.10. The van der Waals surface area contributed by atoms with Crippen molar-refractivity contribution in [2.75, 3.05) is 18.0 Å². The van der Waals surface area contributed by atoms with Crippen LogP contribution in [0.1, 0.15) is 25.3 Å². The first kappa shape index (κ1) is 17.1. The van der Waals surface area contributed by atoms with Crippen LogP contribution >= 0.6 is 12.4 Å². The van der Waals surface area contributed by atoms with Gasteiger partial charge in [-0.15, -0.1) is 12.4 Å². The minimum absolute atomic E-state index is 0. The predicted octanol–water partition coefficient (Wildman–Crippen LogP) is 5.27. The van der Waals surface area contributed by atoms with Crippen molar-refractivity contribution in [2.24, 2.45) is 0 Å². The molecule has 0 aliphatic rings. The summed E-state index contributed by atoms with van der Waals surface area (Å²) >= 11 is 0. The van der Waals surface area contributed by atoms with Crippen molar-refractivity contribution in [1.82, 2.24) is 4.98 Å². The number of anilines is 1. The molecule has 0 spiro atoms. The molecule has 0 saturated carbocycles. The van der Waals surface area contributed by atoms with Crippen molar-refractivity contribution >= 4 is 41.3 Å². The number of hydrogen-bond donors (Lipinski definition) is 0. The summed E-state index contributed by atoms with van der Waals surface area (Å²) in [6, 6.07) is 16.3. The summed E-state index contributed by atoms with van der Waals surface area (Å²) in [6.45, 7) is 6.39. The maximum absolute atomic E-state index is 5.68. The molecule has 1 aromatic heterocycles. The van der Waals surface area contributed by atoms with E-state index in [9.17, 15) is 0 Å². The molecule has 0 fully saturated rings. The lowest BCUT2D eigenvalue weighted by molar-refractivity contribution is 0.590. The molecule has 120 valence electrons. The largest absolute Gasteiger partial charge is 0.437 e. The van der Waals surface area contributed by atoms with Crippen molar-refractivity contribution in [2.45, 2.75) is 13.8 Å². The number of halogens is 1. The highest BCUT2D eigenvalue weighted by Gasteiger charge is 2.02. The highest BCUT2D eigenvalue weighted by molar-refractivity contribution is 5.85. The third kappa shape index (κ3) is 3.93. The van der Waals surface area contributed by atoms with Gasteiger partial charge in [0.1, 0.15) is 5.52 Å². The molecule has 4 heteroatoms. The van der Waals surface area contributed by atoms with Crippen molar-refractivity contribution in [3.63, 3.8) is 0 Å². The number of aromatic nitrogens is 1. The van der Waals surface area contributed by atoms with Crippen LogP contribution in [0, 0.1) is 0 Å². The van der Waals surface area contributed by atoms with Crippen LogP contribution < -0.4 is 4.90 Å². The number of oxazole rings is 1. The van der Waals surface area contributed by atoms with Gasteiger partial charge in [-0.25, -0.2) is 4.98 Å². The van der Waals surface area contributed by atoms with Gasteiger partial charge in [-0.2, -0.15) is 0 Å². The summed E-state index contributed by atoms with van der Waals surface area (Å²) in [7, 11) is 0. The van der Waals surface area contributed by atoms with E-state index >= 15 is 0 Å². The molecule has 0 radical (unpaired) electrons. The van der Waals surface area contributed by atoms with E-state index in [1.807, 2.05) is 36.4 Å². The fourth-order valence-corrected chi connectivity index (χ4v) is 2.51. The van der Waals surface area contributed by atoms with Crippen LogP contribution in [0.2, 0.25) is 0 Å². The summed E-state index contributed by atoms with van der Waals surface area (Å²) in [5.74, 6) is 0.633. The van der Waals surface area contributed by atoms with E-state index in [1.165, 1.54) is 5.69 Å². The second-order valence-electron chi connectivity index (χ2n) is 5.12. The Morgan fingerprint density at radius 3 is 2.30 bits per heavy atom. The third-order valence-corrected chi connectivity index (χ3v) is 3.75. The first-order valence-electron chi connectivity index (χ1n) is 7.69. The molecule has 0 bridgehead atoms. The van der Waals surface area contributed by atoms with Gasteiger partial charge in [-0.05, 0) is 49.8 Å². The van der Waals surface area contributed by atoms with E-state index in [0.29, 0.717) is 5.89 Å². The van der Waals surface area contributed by atoms with E-state index < -0.39 is 0 Å². The van der Waals surface area contributed by atoms with Gasteiger partial charge in [0.05, 0.1) is 0 Å². The number of rotatable bonds is 5. The van der Waals surface area contributed by atoms with Gasteiger partial charge in [0.2, 0.25) is 5.89 Å². The zero-order valence-corrected chi connectivity index (χ0v) is 14.2. The van der Waals surface area contributed by atoms with Crippen LogP contribution in [-0.4, -0.2) is 18.1 Å². The SMILES string of the molecule is CCN(CC)c1ccc(/C=C/c2nc3ccccc3o2)cc1.Cl. The minimum Gasteiger partial charge on any atom is -0.437 e. The molecule has 0 amide bonds. The van der Waals surface area contributed by atoms with Gasteiger partial charge in [0, 0.05) is 24.9 Å². The molecule has 0 saturated heterocycles. The van der Waals surface area contributed by atoms with E-state index in [-0.39, 0.29) is 12.4 Å². The monoisotopic (exact) mass is 328 g/mol.